The fourth-order valence-electron chi connectivity index (χ4n) is 7.02. The molecular weight excluding hydrogens is 447 g/mol. The van der Waals surface area contributed by atoms with Crippen LogP contribution in [-0.2, 0) is 11.0 Å². The van der Waals surface area contributed by atoms with Crippen LogP contribution in [0, 0.1) is 17.8 Å². The Bertz CT molecular complexity index is 895. The van der Waals surface area contributed by atoms with Crippen LogP contribution >= 0.6 is 11.8 Å². The molecule has 1 atom stereocenters. The van der Waals surface area contributed by atoms with E-state index in [0.717, 1.165) is 48.0 Å². The van der Waals surface area contributed by atoms with Gasteiger partial charge in [-0.1, -0.05) is 18.7 Å². The molecule has 1 aromatic carbocycles. The molecular formula is C25H32F3N3OS. The molecule has 1 aromatic rings. The summed E-state index contributed by atoms with van der Waals surface area (Å²) in [5.74, 6) is 2.93. The van der Waals surface area contributed by atoms with Crippen molar-refractivity contribution >= 4 is 28.5 Å². The maximum absolute atomic E-state index is 13.0. The number of aliphatic imine (C=N–C) groups is 1. The molecule has 1 heterocycles. The lowest BCUT2D eigenvalue weighted by Crippen LogP contribution is -2.52. The lowest BCUT2D eigenvalue weighted by molar-refractivity contribution is -0.137. The zero-order valence-corrected chi connectivity index (χ0v) is 20.1. The van der Waals surface area contributed by atoms with Gasteiger partial charge in [0.1, 0.15) is 6.17 Å². The summed E-state index contributed by atoms with van der Waals surface area (Å²) in [4.78, 5) is 22.0. The minimum absolute atomic E-state index is 0.0490. The Balaban J connectivity index is 1.43. The lowest BCUT2D eigenvalue weighted by Gasteiger charge is -2.55. The summed E-state index contributed by atoms with van der Waals surface area (Å²) in [5.41, 5.74) is -0.156. The van der Waals surface area contributed by atoms with Crippen LogP contribution in [0.4, 0.5) is 18.9 Å². The molecule has 0 spiro atoms. The molecule has 1 aliphatic heterocycles. The third-order valence-corrected chi connectivity index (χ3v) is 8.93. The van der Waals surface area contributed by atoms with Crippen LogP contribution in [0.15, 0.2) is 29.3 Å². The highest BCUT2D eigenvalue weighted by Crippen LogP contribution is 2.57. The molecule has 1 unspecified atom stereocenters. The Kier molecular flexibility index (Phi) is 5.94. The van der Waals surface area contributed by atoms with Crippen LogP contribution in [0.25, 0.3) is 0 Å². The maximum Gasteiger partial charge on any atom is 0.416 e. The van der Waals surface area contributed by atoms with Crippen molar-refractivity contribution in [2.75, 3.05) is 17.2 Å². The first-order valence-corrected chi connectivity index (χ1v) is 13.1. The lowest BCUT2D eigenvalue weighted by atomic mass is 9.53. The van der Waals surface area contributed by atoms with Gasteiger partial charge in [-0.15, -0.1) is 0 Å². The van der Waals surface area contributed by atoms with Crippen molar-refractivity contribution < 1.29 is 18.0 Å². The standard InChI is InChI=1S/C25H32F3N3OS/c1-3-8-30-22(31(16(2)32)21-6-4-20(5-7-21)25(26,27)28)15-33-23(30)29-24-12-17-9-18(13-24)11-19(10-17)14-24/h4-7,17-19,22H,3,8-15H2,1-2H3. The van der Waals surface area contributed by atoms with E-state index in [0.29, 0.717) is 11.4 Å². The van der Waals surface area contributed by atoms with E-state index < -0.39 is 11.7 Å². The van der Waals surface area contributed by atoms with Crippen LogP contribution in [-0.4, -0.2) is 40.0 Å². The predicted octanol–water partition coefficient (Wildman–Crippen LogP) is 6.17. The summed E-state index contributed by atoms with van der Waals surface area (Å²) < 4.78 is 39.1. The molecule has 0 aromatic heterocycles. The highest BCUT2D eigenvalue weighted by molar-refractivity contribution is 8.14. The summed E-state index contributed by atoms with van der Waals surface area (Å²) in [7, 11) is 0. The number of benzene rings is 1. The molecule has 8 heteroatoms. The van der Waals surface area contributed by atoms with Gasteiger partial charge < -0.3 is 4.90 Å². The second-order valence-electron chi connectivity index (χ2n) is 10.5. The van der Waals surface area contributed by atoms with Crippen molar-refractivity contribution in [3.05, 3.63) is 29.8 Å². The molecule has 0 radical (unpaired) electrons. The summed E-state index contributed by atoms with van der Waals surface area (Å²) in [5, 5.41) is 1.02. The van der Waals surface area contributed by atoms with Gasteiger partial charge in [0.25, 0.3) is 0 Å². The van der Waals surface area contributed by atoms with E-state index in [1.165, 1.54) is 57.6 Å². The summed E-state index contributed by atoms with van der Waals surface area (Å²) in [6, 6.07) is 4.93. The van der Waals surface area contributed by atoms with E-state index in [1.54, 1.807) is 16.7 Å². The van der Waals surface area contributed by atoms with Gasteiger partial charge in [-0.3, -0.25) is 14.7 Å². The molecule has 1 amide bonds. The highest BCUT2D eigenvalue weighted by atomic mass is 32.2. The van der Waals surface area contributed by atoms with Gasteiger partial charge in [0.2, 0.25) is 5.91 Å². The molecule has 4 nitrogen and oxygen atoms in total. The van der Waals surface area contributed by atoms with E-state index in [1.807, 2.05) is 0 Å². The van der Waals surface area contributed by atoms with Gasteiger partial charge in [-0.25, -0.2) is 0 Å². The van der Waals surface area contributed by atoms with Crippen LogP contribution in [0.1, 0.15) is 64.4 Å². The SMILES string of the molecule is CCCN1C(=NC23CC4CC(CC(C4)C2)C3)SCC1N(C(C)=O)c1ccc(C(F)(F)F)cc1. The van der Waals surface area contributed by atoms with Gasteiger partial charge in [0.15, 0.2) is 5.17 Å². The summed E-state index contributed by atoms with van der Waals surface area (Å²) >= 11 is 1.70. The van der Waals surface area contributed by atoms with E-state index in [2.05, 4.69) is 11.8 Å². The number of amides is 1. The minimum atomic E-state index is -4.39. The van der Waals surface area contributed by atoms with Crippen molar-refractivity contribution in [1.82, 2.24) is 4.90 Å². The third kappa shape index (κ3) is 4.40. The van der Waals surface area contributed by atoms with Crippen LogP contribution in [0.2, 0.25) is 0 Å². The molecule has 0 N–H and O–H groups in total. The first-order valence-electron chi connectivity index (χ1n) is 12.1. The maximum atomic E-state index is 13.0. The van der Waals surface area contributed by atoms with Crippen molar-refractivity contribution in [1.29, 1.82) is 0 Å². The van der Waals surface area contributed by atoms with Gasteiger partial charge in [-0.2, -0.15) is 13.2 Å². The molecule has 5 aliphatic rings. The number of hydrogen-bond donors (Lipinski definition) is 0. The monoisotopic (exact) mass is 479 g/mol. The smallest absolute Gasteiger partial charge is 0.330 e. The van der Waals surface area contributed by atoms with Gasteiger partial charge in [0.05, 0.1) is 11.1 Å². The summed E-state index contributed by atoms with van der Waals surface area (Å²) in [6.07, 6.45) is 3.93. The van der Waals surface area contributed by atoms with Gasteiger partial charge in [-0.05, 0) is 87.0 Å². The molecule has 5 fully saturated rings. The number of nitrogens with zero attached hydrogens (tertiary/aromatic N) is 3. The molecule has 4 bridgehead atoms. The zero-order valence-electron chi connectivity index (χ0n) is 19.3. The number of anilines is 1. The fraction of sp³-hybridized carbons (Fsp3) is 0.680. The van der Waals surface area contributed by atoms with E-state index >= 15 is 0 Å². The number of thioether (sulfide) groups is 1. The Morgan fingerprint density at radius 2 is 1.70 bits per heavy atom. The number of carbonyl (C=O) groups is 1. The van der Waals surface area contributed by atoms with Crippen LogP contribution < -0.4 is 4.90 Å². The molecule has 6 rings (SSSR count). The normalized spacial score (nSPS) is 34.3. The molecule has 4 saturated carbocycles. The number of amidine groups is 1. The number of hydrogen-bond acceptors (Lipinski definition) is 3. The molecule has 180 valence electrons. The van der Waals surface area contributed by atoms with Gasteiger partial charge >= 0.3 is 6.18 Å². The second kappa shape index (κ2) is 8.51. The largest absolute Gasteiger partial charge is 0.416 e. The second-order valence-corrected chi connectivity index (χ2v) is 11.4. The minimum Gasteiger partial charge on any atom is -0.330 e. The van der Waals surface area contributed by atoms with Crippen LogP contribution in [0.5, 0.6) is 0 Å². The quantitative estimate of drug-likeness (QED) is 0.507. The first kappa shape index (κ1) is 23.1. The number of alkyl halides is 3. The van der Waals surface area contributed by atoms with E-state index in [4.69, 9.17) is 4.99 Å². The first-order chi connectivity index (χ1) is 15.7. The average Bonchev–Trinajstić information content (AvgIpc) is 3.08. The van der Waals surface area contributed by atoms with Crippen molar-refractivity contribution in [2.24, 2.45) is 22.7 Å². The number of halogens is 3. The van der Waals surface area contributed by atoms with Crippen molar-refractivity contribution in [2.45, 2.75) is 76.7 Å². The van der Waals surface area contributed by atoms with Crippen LogP contribution in [0.3, 0.4) is 0 Å². The Morgan fingerprint density at radius 3 is 2.18 bits per heavy atom. The van der Waals surface area contributed by atoms with E-state index in [-0.39, 0.29) is 17.6 Å². The highest BCUT2D eigenvalue weighted by Gasteiger charge is 2.52. The number of carbonyl (C=O) groups excluding carboxylic acids is 1. The zero-order chi connectivity index (χ0) is 23.4. The Labute approximate surface area is 198 Å². The molecule has 33 heavy (non-hydrogen) atoms. The topological polar surface area (TPSA) is 35.9 Å². The average molecular weight is 480 g/mol. The molecule has 1 saturated heterocycles. The van der Waals surface area contributed by atoms with Crippen molar-refractivity contribution in [3.8, 4) is 0 Å². The Hall–Kier alpha value is -1.70. The number of rotatable bonds is 5. The van der Waals surface area contributed by atoms with Crippen molar-refractivity contribution in [3.63, 3.8) is 0 Å². The van der Waals surface area contributed by atoms with E-state index in [9.17, 15) is 18.0 Å². The third-order valence-electron chi connectivity index (χ3n) is 7.88. The fourth-order valence-corrected chi connectivity index (χ4v) is 8.29. The summed E-state index contributed by atoms with van der Waals surface area (Å²) in [6.45, 7) is 4.37. The van der Waals surface area contributed by atoms with Gasteiger partial charge in [0, 0.05) is 24.9 Å². The Morgan fingerprint density at radius 1 is 1.12 bits per heavy atom. The molecule has 4 aliphatic carbocycles. The predicted molar refractivity (Wildman–Crippen MR) is 126 cm³/mol.